The number of benzene rings is 1. The van der Waals surface area contributed by atoms with Crippen LogP contribution in [0.4, 0.5) is 0 Å². The average molecular weight is 297 g/mol. The maximum absolute atomic E-state index is 5.83. The molecule has 1 unspecified atom stereocenters. The van der Waals surface area contributed by atoms with Crippen molar-refractivity contribution in [1.29, 1.82) is 0 Å². The van der Waals surface area contributed by atoms with E-state index in [1.165, 1.54) is 10.4 Å². The summed E-state index contributed by atoms with van der Waals surface area (Å²) in [5.74, 6) is 0. The molecule has 2 rings (SSSR count). The van der Waals surface area contributed by atoms with E-state index < -0.39 is 0 Å². The van der Waals surface area contributed by atoms with Crippen LogP contribution in [0.1, 0.15) is 23.5 Å². The molecule has 0 aliphatic heterocycles. The highest BCUT2D eigenvalue weighted by atomic mass is 79.9. The minimum Gasteiger partial charge on any atom is -0.368 e. The van der Waals surface area contributed by atoms with E-state index >= 15 is 0 Å². The summed E-state index contributed by atoms with van der Waals surface area (Å²) in [6, 6.07) is 12.3. The standard InChI is InChI=1S/C13H13BrOS/c1-10(11-5-3-2-4-6-11)15-9-13-12(14)7-8-16-13/h2-8,10H,9H2,1H3. The molecule has 0 aliphatic carbocycles. The lowest BCUT2D eigenvalue weighted by atomic mass is 10.1. The second kappa shape index (κ2) is 5.62. The summed E-state index contributed by atoms with van der Waals surface area (Å²) >= 11 is 5.22. The van der Waals surface area contributed by atoms with Gasteiger partial charge in [0.05, 0.1) is 12.7 Å². The fourth-order valence-corrected chi connectivity index (χ4v) is 2.84. The molecule has 16 heavy (non-hydrogen) atoms. The van der Waals surface area contributed by atoms with E-state index in [-0.39, 0.29) is 6.10 Å². The summed E-state index contributed by atoms with van der Waals surface area (Å²) in [4.78, 5) is 1.24. The summed E-state index contributed by atoms with van der Waals surface area (Å²) in [5, 5.41) is 2.07. The molecule has 0 fully saturated rings. The van der Waals surface area contributed by atoms with Crippen LogP contribution in [0.3, 0.4) is 0 Å². The van der Waals surface area contributed by atoms with Crippen LogP contribution in [0.15, 0.2) is 46.3 Å². The Morgan fingerprint density at radius 2 is 2.00 bits per heavy atom. The van der Waals surface area contributed by atoms with Crippen molar-refractivity contribution in [2.75, 3.05) is 0 Å². The molecule has 3 heteroatoms. The summed E-state index contributed by atoms with van der Waals surface area (Å²) in [5.41, 5.74) is 1.22. The molecule has 0 saturated heterocycles. The molecule has 2 aromatic rings. The van der Waals surface area contributed by atoms with E-state index in [0.717, 1.165) is 4.47 Å². The largest absolute Gasteiger partial charge is 0.368 e. The van der Waals surface area contributed by atoms with Gasteiger partial charge >= 0.3 is 0 Å². The molecule has 0 radical (unpaired) electrons. The Bertz CT molecular complexity index is 438. The highest BCUT2D eigenvalue weighted by molar-refractivity contribution is 9.10. The zero-order valence-electron chi connectivity index (χ0n) is 9.02. The number of hydrogen-bond acceptors (Lipinski definition) is 2. The fourth-order valence-electron chi connectivity index (χ4n) is 1.45. The molecule has 84 valence electrons. The third-order valence-corrected chi connectivity index (χ3v) is 4.32. The molecule has 1 atom stereocenters. The first-order chi connectivity index (χ1) is 7.77. The third kappa shape index (κ3) is 2.94. The molecular formula is C13H13BrOS. The van der Waals surface area contributed by atoms with Crippen LogP contribution in [-0.2, 0) is 11.3 Å². The fraction of sp³-hybridized carbons (Fsp3) is 0.231. The van der Waals surface area contributed by atoms with Crippen molar-refractivity contribution in [3.63, 3.8) is 0 Å². The highest BCUT2D eigenvalue weighted by Gasteiger charge is 2.07. The molecule has 0 aliphatic rings. The molecular weight excluding hydrogens is 284 g/mol. The number of ether oxygens (including phenoxy) is 1. The zero-order chi connectivity index (χ0) is 11.4. The predicted octanol–water partition coefficient (Wildman–Crippen LogP) is 4.79. The Hall–Kier alpha value is -0.640. The second-order valence-corrected chi connectivity index (χ2v) is 5.41. The van der Waals surface area contributed by atoms with Crippen molar-refractivity contribution in [3.05, 3.63) is 56.7 Å². The number of hydrogen-bond donors (Lipinski definition) is 0. The predicted molar refractivity (Wildman–Crippen MR) is 71.7 cm³/mol. The minimum atomic E-state index is 0.134. The maximum atomic E-state index is 5.83. The third-order valence-electron chi connectivity index (χ3n) is 2.42. The molecule has 0 amide bonds. The average Bonchev–Trinajstić information content (AvgIpc) is 2.73. The van der Waals surface area contributed by atoms with Gasteiger partial charge in [-0.3, -0.25) is 0 Å². The van der Waals surface area contributed by atoms with Gasteiger partial charge in [-0.05, 0) is 39.9 Å². The first-order valence-corrected chi connectivity index (χ1v) is 6.83. The van der Waals surface area contributed by atoms with Crippen LogP contribution in [0.25, 0.3) is 0 Å². The van der Waals surface area contributed by atoms with Crippen molar-refractivity contribution in [3.8, 4) is 0 Å². The normalized spacial score (nSPS) is 12.6. The Morgan fingerprint density at radius 1 is 1.25 bits per heavy atom. The summed E-state index contributed by atoms with van der Waals surface area (Å²) in [6.45, 7) is 2.74. The Balaban J connectivity index is 1.94. The van der Waals surface area contributed by atoms with Gasteiger partial charge in [-0.25, -0.2) is 0 Å². The van der Waals surface area contributed by atoms with Gasteiger partial charge in [0, 0.05) is 9.35 Å². The zero-order valence-corrected chi connectivity index (χ0v) is 11.4. The van der Waals surface area contributed by atoms with Crippen molar-refractivity contribution >= 4 is 27.3 Å². The van der Waals surface area contributed by atoms with Gasteiger partial charge in [-0.1, -0.05) is 30.3 Å². The van der Waals surface area contributed by atoms with Gasteiger partial charge in [0.25, 0.3) is 0 Å². The van der Waals surface area contributed by atoms with Gasteiger partial charge in [0.15, 0.2) is 0 Å². The maximum Gasteiger partial charge on any atom is 0.0828 e. The van der Waals surface area contributed by atoms with E-state index in [1.807, 2.05) is 18.2 Å². The molecule has 1 heterocycles. The lowest BCUT2D eigenvalue weighted by molar-refractivity contribution is 0.0539. The first-order valence-electron chi connectivity index (χ1n) is 5.16. The minimum absolute atomic E-state index is 0.134. The van der Waals surface area contributed by atoms with E-state index in [1.54, 1.807) is 11.3 Å². The van der Waals surface area contributed by atoms with E-state index in [9.17, 15) is 0 Å². The highest BCUT2D eigenvalue weighted by Crippen LogP contribution is 2.26. The summed E-state index contributed by atoms with van der Waals surface area (Å²) < 4.78 is 6.97. The summed E-state index contributed by atoms with van der Waals surface area (Å²) in [6.07, 6.45) is 0.134. The van der Waals surface area contributed by atoms with Gasteiger partial charge in [0.2, 0.25) is 0 Å². The van der Waals surface area contributed by atoms with Gasteiger partial charge in [-0.15, -0.1) is 11.3 Å². The van der Waals surface area contributed by atoms with Crippen LogP contribution in [0.2, 0.25) is 0 Å². The van der Waals surface area contributed by atoms with Crippen LogP contribution < -0.4 is 0 Å². The van der Waals surface area contributed by atoms with E-state index in [2.05, 4.69) is 46.4 Å². The van der Waals surface area contributed by atoms with Crippen molar-refractivity contribution in [2.45, 2.75) is 19.6 Å². The lowest BCUT2D eigenvalue weighted by Crippen LogP contribution is -1.99. The van der Waals surface area contributed by atoms with Crippen LogP contribution in [0.5, 0.6) is 0 Å². The number of rotatable bonds is 4. The monoisotopic (exact) mass is 296 g/mol. The first kappa shape index (κ1) is 11.8. The number of thiophene rings is 1. The van der Waals surface area contributed by atoms with Crippen LogP contribution in [-0.4, -0.2) is 0 Å². The molecule has 0 saturated carbocycles. The van der Waals surface area contributed by atoms with Gasteiger partial charge < -0.3 is 4.74 Å². The topological polar surface area (TPSA) is 9.23 Å². The van der Waals surface area contributed by atoms with Crippen LogP contribution in [0, 0.1) is 0 Å². The van der Waals surface area contributed by atoms with Gasteiger partial charge in [-0.2, -0.15) is 0 Å². The molecule has 1 aromatic heterocycles. The Labute approximate surface area is 108 Å². The summed E-state index contributed by atoms with van der Waals surface area (Å²) in [7, 11) is 0. The van der Waals surface area contributed by atoms with Crippen LogP contribution >= 0.6 is 27.3 Å². The Kier molecular flexibility index (Phi) is 4.16. The molecule has 0 spiro atoms. The molecule has 0 N–H and O–H groups in total. The molecule has 0 bridgehead atoms. The number of halogens is 1. The molecule has 1 aromatic carbocycles. The smallest absolute Gasteiger partial charge is 0.0828 e. The molecule has 1 nitrogen and oxygen atoms in total. The van der Waals surface area contributed by atoms with E-state index in [0.29, 0.717) is 6.61 Å². The van der Waals surface area contributed by atoms with Gasteiger partial charge in [0.1, 0.15) is 0 Å². The quantitative estimate of drug-likeness (QED) is 0.788. The Morgan fingerprint density at radius 3 is 2.62 bits per heavy atom. The van der Waals surface area contributed by atoms with Crippen molar-refractivity contribution in [2.24, 2.45) is 0 Å². The van der Waals surface area contributed by atoms with Crippen molar-refractivity contribution in [1.82, 2.24) is 0 Å². The van der Waals surface area contributed by atoms with E-state index in [4.69, 9.17) is 4.74 Å². The van der Waals surface area contributed by atoms with Crippen molar-refractivity contribution < 1.29 is 4.74 Å². The lowest BCUT2D eigenvalue weighted by Gasteiger charge is -2.12. The second-order valence-electron chi connectivity index (χ2n) is 3.56. The SMILES string of the molecule is CC(OCc1sccc1Br)c1ccccc1.